The number of aryl methyl sites for hydroxylation is 1. The molecule has 12 N–H and O–H groups in total. The standard InChI is InChI=1S/C54H66ClN9O11S2/c1-31-49(70)64-46(54(75)61-42(32(2)65)26-35-11-20-39(66)21-12-35)30-77-76-29-45(59-47(68)24-15-33-9-18-38(55)19-10-33)53(74)63-44(28-36-13-22-40(67)23-14-36)52(73)62-43(27-34-7-16-37(17-8-34)48(56)69)51(72)60-41(50(71)58-31)6-4-5-25-57-3/h7-14,16-23,31,41-46,57,66-67H,4-6,15,24-30H2,1-3H3,(H2,56,69)(H,58,71)(H,59,68)(H,60,72)(H,61,75)(H,62,73)(H,63,74)(H,64,70)/t31-,41-,42+,43+,44-,45+,46-/m0/s1. The summed E-state index contributed by atoms with van der Waals surface area (Å²) in [5.41, 5.74) is 8.09. The molecule has 4 aromatic carbocycles. The lowest BCUT2D eigenvalue weighted by Gasteiger charge is -2.28. The minimum atomic E-state index is -1.41. The van der Waals surface area contributed by atoms with Gasteiger partial charge >= 0.3 is 0 Å². The third kappa shape index (κ3) is 20.4. The van der Waals surface area contributed by atoms with Crippen LogP contribution in [0, 0.1) is 0 Å². The van der Waals surface area contributed by atoms with Gasteiger partial charge in [-0.3, -0.25) is 43.2 Å². The van der Waals surface area contributed by atoms with Crippen LogP contribution in [0.5, 0.6) is 11.5 Å². The van der Waals surface area contributed by atoms with Gasteiger partial charge in [0.15, 0.2) is 5.78 Å². The summed E-state index contributed by atoms with van der Waals surface area (Å²) in [6.45, 7) is 3.28. The molecule has 0 bridgehead atoms. The highest BCUT2D eigenvalue weighted by Crippen LogP contribution is 2.24. The van der Waals surface area contributed by atoms with Crippen LogP contribution in [-0.4, -0.2) is 131 Å². The van der Waals surface area contributed by atoms with Gasteiger partial charge in [-0.1, -0.05) is 81.7 Å². The molecule has 77 heavy (non-hydrogen) atoms. The lowest BCUT2D eigenvalue weighted by atomic mass is 10.0. The normalized spacial score (nSPS) is 20.4. The zero-order valence-electron chi connectivity index (χ0n) is 42.9. The molecule has 412 valence electrons. The van der Waals surface area contributed by atoms with Crippen molar-refractivity contribution in [3.63, 3.8) is 0 Å². The van der Waals surface area contributed by atoms with Gasteiger partial charge in [-0.05, 0) is 130 Å². The molecule has 0 radical (unpaired) electrons. The molecule has 1 aliphatic rings. The van der Waals surface area contributed by atoms with Crippen LogP contribution in [0.3, 0.4) is 0 Å². The second-order valence-electron chi connectivity index (χ2n) is 18.6. The molecule has 1 aliphatic heterocycles. The SMILES string of the molecule is CNCCCC[C@@H]1NC(=O)[C@@H](Cc2ccc(C(N)=O)cc2)NC(=O)[C@H](Cc2ccc(O)cc2)NC(=O)[C@H](NC(=O)CCc2ccc(Cl)cc2)CSSC[C@@H](C(=O)N[C@H](Cc2ccc(O)cc2)C(C)=O)NC(=O)[C@H](C)NC1=O. The van der Waals surface area contributed by atoms with Crippen molar-refractivity contribution in [2.24, 2.45) is 5.73 Å². The molecule has 4 aromatic rings. The van der Waals surface area contributed by atoms with Gasteiger partial charge in [0, 0.05) is 41.4 Å². The molecular formula is C54H66ClN9O11S2. The fourth-order valence-electron chi connectivity index (χ4n) is 7.95. The van der Waals surface area contributed by atoms with Gasteiger partial charge in [-0.25, -0.2) is 0 Å². The van der Waals surface area contributed by atoms with E-state index in [2.05, 4.69) is 42.5 Å². The average Bonchev–Trinajstić information content (AvgIpc) is 3.40. The van der Waals surface area contributed by atoms with E-state index in [-0.39, 0.29) is 60.7 Å². The molecule has 0 unspecified atom stereocenters. The molecule has 7 atom stereocenters. The third-order valence-electron chi connectivity index (χ3n) is 12.4. The minimum absolute atomic E-state index is 0.00712. The Balaban J connectivity index is 1.53. The highest BCUT2D eigenvalue weighted by molar-refractivity contribution is 8.76. The van der Waals surface area contributed by atoms with Crippen molar-refractivity contribution in [2.45, 2.75) is 108 Å². The molecule has 1 heterocycles. The van der Waals surface area contributed by atoms with Crippen LogP contribution in [0.15, 0.2) is 97.1 Å². The number of nitrogens with one attached hydrogen (secondary N) is 8. The molecule has 1 fully saturated rings. The Morgan fingerprint density at radius 3 is 1.75 bits per heavy atom. The van der Waals surface area contributed by atoms with Crippen molar-refractivity contribution in [1.29, 1.82) is 0 Å². The Hall–Kier alpha value is -7.14. The molecule has 8 amide bonds. The van der Waals surface area contributed by atoms with Crippen molar-refractivity contribution in [1.82, 2.24) is 42.5 Å². The zero-order chi connectivity index (χ0) is 56.0. The van der Waals surface area contributed by atoms with Crippen molar-refractivity contribution in [2.75, 3.05) is 25.1 Å². The van der Waals surface area contributed by atoms with E-state index < -0.39 is 95.3 Å². The van der Waals surface area contributed by atoms with Crippen LogP contribution in [0.1, 0.15) is 72.1 Å². The first kappa shape index (κ1) is 60.7. The van der Waals surface area contributed by atoms with E-state index in [9.17, 15) is 53.4 Å². The molecule has 5 rings (SSSR count). The molecule has 0 spiro atoms. The highest BCUT2D eigenvalue weighted by Gasteiger charge is 2.34. The minimum Gasteiger partial charge on any atom is -0.508 e. The molecule has 20 nitrogen and oxygen atoms in total. The molecule has 0 aliphatic carbocycles. The quantitative estimate of drug-likeness (QED) is 0.0475. The average molecular weight is 1120 g/mol. The number of carbonyl (C=O) groups is 9. The van der Waals surface area contributed by atoms with Gasteiger partial charge in [-0.15, -0.1) is 0 Å². The maximum Gasteiger partial charge on any atom is 0.248 e. The van der Waals surface area contributed by atoms with E-state index in [0.717, 1.165) is 27.2 Å². The summed E-state index contributed by atoms with van der Waals surface area (Å²) in [6, 6.07) is 15.9. The number of hydrogen-bond acceptors (Lipinski definition) is 14. The van der Waals surface area contributed by atoms with Crippen molar-refractivity contribution in [3.8, 4) is 11.5 Å². The summed E-state index contributed by atoms with van der Waals surface area (Å²) >= 11 is 6.07. The number of primary amides is 1. The van der Waals surface area contributed by atoms with Gasteiger partial charge in [0.2, 0.25) is 47.3 Å². The number of Topliss-reactive ketones (excluding diaryl/α,β-unsaturated/α-hetero) is 1. The van der Waals surface area contributed by atoms with Gasteiger partial charge in [0.25, 0.3) is 0 Å². The second kappa shape index (κ2) is 30.6. The van der Waals surface area contributed by atoms with E-state index in [1.54, 1.807) is 67.7 Å². The van der Waals surface area contributed by atoms with Crippen LogP contribution >= 0.6 is 33.2 Å². The summed E-state index contributed by atoms with van der Waals surface area (Å²) in [7, 11) is 3.90. The number of unbranched alkanes of at least 4 members (excludes halogenated alkanes) is 1. The fourth-order valence-corrected chi connectivity index (χ4v) is 10.4. The second-order valence-corrected chi connectivity index (χ2v) is 21.6. The molecule has 1 saturated heterocycles. The predicted molar refractivity (Wildman–Crippen MR) is 295 cm³/mol. The topological polar surface area (TPSA) is 316 Å². The van der Waals surface area contributed by atoms with E-state index in [1.165, 1.54) is 50.2 Å². The van der Waals surface area contributed by atoms with Gasteiger partial charge in [-0.2, -0.15) is 0 Å². The van der Waals surface area contributed by atoms with Crippen LogP contribution in [0.2, 0.25) is 5.02 Å². The van der Waals surface area contributed by atoms with Crippen LogP contribution in [-0.2, 0) is 64.0 Å². The smallest absolute Gasteiger partial charge is 0.248 e. The number of aromatic hydroxyl groups is 2. The first-order chi connectivity index (χ1) is 36.8. The Labute approximate surface area is 459 Å². The fraction of sp³-hybridized carbons (Fsp3) is 0.389. The first-order valence-corrected chi connectivity index (χ1v) is 27.8. The number of hydrogen-bond donors (Lipinski definition) is 11. The summed E-state index contributed by atoms with van der Waals surface area (Å²) in [5, 5.41) is 42.6. The molecule has 0 aromatic heterocycles. The molecular weight excluding hydrogens is 1050 g/mol. The van der Waals surface area contributed by atoms with Crippen molar-refractivity contribution >= 4 is 86.2 Å². The number of benzene rings is 4. The first-order valence-electron chi connectivity index (χ1n) is 25.0. The summed E-state index contributed by atoms with van der Waals surface area (Å²) < 4.78 is 0. The van der Waals surface area contributed by atoms with E-state index in [1.807, 2.05) is 0 Å². The third-order valence-corrected chi connectivity index (χ3v) is 15.1. The zero-order valence-corrected chi connectivity index (χ0v) is 45.3. The Morgan fingerprint density at radius 2 is 1.18 bits per heavy atom. The van der Waals surface area contributed by atoms with Crippen molar-refractivity contribution < 1.29 is 53.4 Å². The maximum atomic E-state index is 14.7. The number of amides is 8. The maximum absolute atomic E-state index is 14.7. The number of phenolic OH excluding ortho intramolecular Hbond substituents is 2. The van der Waals surface area contributed by atoms with Crippen molar-refractivity contribution in [3.05, 3.63) is 130 Å². The van der Waals surface area contributed by atoms with Crippen LogP contribution < -0.4 is 48.3 Å². The largest absolute Gasteiger partial charge is 0.508 e. The molecule has 0 saturated carbocycles. The number of rotatable bonds is 19. The van der Waals surface area contributed by atoms with Gasteiger partial charge in [0.1, 0.15) is 47.8 Å². The summed E-state index contributed by atoms with van der Waals surface area (Å²) in [6.07, 6.45) is 1.11. The van der Waals surface area contributed by atoms with Crippen LogP contribution in [0.4, 0.5) is 0 Å². The van der Waals surface area contributed by atoms with E-state index in [4.69, 9.17) is 17.3 Å². The number of ketones is 1. The van der Waals surface area contributed by atoms with E-state index >= 15 is 0 Å². The Kier molecular flexibility index (Phi) is 24.1. The summed E-state index contributed by atoms with van der Waals surface area (Å²) in [4.78, 5) is 125. The Morgan fingerprint density at radius 1 is 0.662 bits per heavy atom. The van der Waals surface area contributed by atoms with Gasteiger partial charge in [0.05, 0.1) is 6.04 Å². The summed E-state index contributed by atoms with van der Waals surface area (Å²) in [5.74, 6) is -6.62. The highest BCUT2D eigenvalue weighted by atomic mass is 35.5. The number of nitrogens with two attached hydrogens (primary N) is 1. The number of halogens is 1. The van der Waals surface area contributed by atoms with E-state index in [0.29, 0.717) is 47.5 Å². The van der Waals surface area contributed by atoms with Gasteiger partial charge < -0.3 is 58.5 Å². The van der Waals surface area contributed by atoms with Crippen LogP contribution in [0.25, 0.3) is 0 Å². The monoisotopic (exact) mass is 1120 g/mol. The Bertz CT molecular complexity index is 2680. The lowest BCUT2D eigenvalue weighted by Crippen LogP contribution is -2.60. The predicted octanol–water partition coefficient (Wildman–Crippen LogP) is 2.30. The lowest BCUT2D eigenvalue weighted by molar-refractivity contribution is -0.135. The number of carbonyl (C=O) groups excluding carboxylic acids is 9. The number of phenols is 2. The molecule has 23 heteroatoms.